The van der Waals surface area contributed by atoms with E-state index in [2.05, 4.69) is 29.2 Å². The molecule has 3 rings (SSSR count). The molecule has 0 aliphatic carbocycles. The Kier molecular flexibility index (Phi) is 5.35. The highest BCUT2D eigenvalue weighted by Gasteiger charge is 2.21. The van der Waals surface area contributed by atoms with Gasteiger partial charge in [0, 0.05) is 30.1 Å². The molecule has 120 valence electrons. The van der Waals surface area contributed by atoms with Crippen molar-refractivity contribution >= 4 is 11.3 Å². The number of thiophene rings is 1. The number of morpholine rings is 1. The minimum absolute atomic E-state index is 0.0958. The number of ether oxygens (including phenoxy) is 2. The van der Waals surface area contributed by atoms with Crippen LogP contribution in [-0.4, -0.2) is 37.3 Å². The number of benzene rings is 1. The van der Waals surface area contributed by atoms with Crippen LogP contribution in [0.4, 0.5) is 0 Å². The summed E-state index contributed by atoms with van der Waals surface area (Å²) in [4.78, 5) is 3.88. The van der Waals surface area contributed by atoms with Crippen molar-refractivity contribution in [3.8, 4) is 18.1 Å². The summed E-state index contributed by atoms with van der Waals surface area (Å²) in [6.45, 7) is 6.34. The second-order valence-corrected chi connectivity index (χ2v) is 6.74. The summed E-state index contributed by atoms with van der Waals surface area (Å²) in [6.07, 6.45) is 5.51. The maximum Gasteiger partial charge on any atom is 0.120 e. The van der Waals surface area contributed by atoms with E-state index in [1.54, 1.807) is 0 Å². The van der Waals surface area contributed by atoms with E-state index in [4.69, 9.17) is 15.9 Å². The molecule has 0 spiro atoms. The summed E-state index contributed by atoms with van der Waals surface area (Å²) in [7, 11) is 0. The zero-order valence-corrected chi connectivity index (χ0v) is 14.1. The van der Waals surface area contributed by atoms with Gasteiger partial charge in [-0.25, -0.2) is 0 Å². The van der Waals surface area contributed by atoms with Crippen LogP contribution in [0, 0.1) is 19.3 Å². The molecule has 0 saturated carbocycles. The number of nitrogens with zero attached hydrogens (tertiary/aromatic N) is 1. The number of aryl methyl sites for hydroxylation is 1. The number of hydrogen-bond donors (Lipinski definition) is 0. The lowest BCUT2D eigenvalue weighted by Gasteiger charge is -2.32. The lowest BCUT2D eigenvalue weighted by molar-refractivity contribution is -0.0502. The highest BCUT2D eigenvalue weighted by molar-refractivity contribution is 7.10. The number of rotatable bonds is 5. The van der Waals surface area contributed by atoms with Crippen LogP contribution in [-0.2, 0) is 11.3 Å². The fourth-order valence-electron chi connectivity index (χ4n) is 2.66. The van der Waals surface area contributed by atoms with Gasteiger partial charge in [-0.3, -0.25) is 4.90 Å². The average Bonchev–Trinajstić information content (AvgIpc) is 2.98. The molecule has 1 aliphatic heterocycles. The van der Waals surface area contributed by atoms with Gasteiger partial charge in [-0.2, -0.15) is 0 Å². The summed E-state index contributed by atoms with van der Waals surface area (Å²) < 4.78 is 11.7. The highest BCUT2D eigenvalue weighted by atomic mass is 32.1. The Bertz CT molecular complexity index is 689. The Morgan fingerprint density at radius 3 is 3.13 bits per heavy atom. The van der Waals surface area contributed by atoms with Gasteiger partial charge < -0.3 is 9.47 Å². The molecule has 1 fully saturated rings. The van der Waals surface area contributed by atoms with Crippen molar-refractivity contribution in [2.24, 2.45) is 0 Å². The monoisotopic (exact) mass is 327 g/mol. The average molecular weight is 327 g/mol. The standard InChI is InChI=1S/C19H21NO2S/c1-3-16-5-4-6-17(11-16)22-14-18-12-20(8-9-21-18)13-19-15(2)7-10-23-19/h1,4-7,10-11,18H,8-9,12-14H2,2H3. The first-order chi connectivity index (χ1) is 11.2. The molecule has 1 aliphatic rings. The van der Waals surface area contributed by atoms with Gasteiger partial charge in [0.15, 0.2) is 0 Å². The van der Waals surface area contributed by atoms with Crippen molar-refractivity contribution in [3.05, 3.63) is 51.7 Å². The van der Waals surface area contributed by atoms with Crippen LogP contribution in [0.2, 0.25) is 0 Å². The maximum atomic E-state index is 5.85. The first-order valence-corrected chi connectivity index (χ1v) is 8.69. The summed E-state index contributed by atoms with van der Waals surface area (Å²) in [5.41, 5.74) is 2.21. The van der Waals surface area contributed by atoms with E-state index in [9.17, 15) is 0 Å². The first-order valence-electron chi connectivity index (χ1n) is 7.81. The second kappa shape index (κ2) is 7.65. The van der Waals surface area contributed by atoms with E-state index >= 15 is 0 Å². The van der Waals surface area contributed by atoms with Crippen molar-refractivity contribution in [2.75, 3.05) is 26.3 Å². The van der Waals surface area contributed by atoms with E-state index in [0.29, 0.717) is 6.61 Å². The number of hydrogen-bond acceptors (Lipinski definition) is 4. The predicted octanol–water partition coefficient (Wildman–Crippen LogP) is 3.32. The van der Waals surface area contributed by atoms with Crippen LogP contribution in [0.25, 0.3) is 0 Å². The molecule has 0 N–H and O–H groups in total. The third kappa shape index (κ3) is 4.35. The molecule has 2 heterocycles. The van der Waals surface area contributed by atoms with Crippen LogP contribution in [0.5, 0.6) is 5.75 Å². The minimum atomic E-state index is 0.0958. The highest BCUT2D eigenvalue weighted by Crippen LogP contribution is 2.20. The van der Waals surface area contributed by atoms with E-state index < -0.39 is 0 Å². The molecule has 23 heavy (non-hydrogen) atoms. The molecule has 1 atom stereocenters. The molecule has 0 radical (unpaired) electrons. The SMILES string of the molecule is C#Cc1cccc(OCC2CN(Cc3sccc3C)CCO2)c1. The molecule has 0 amide bonds. The van der Waals surface area contributed by atoms with E-state index in [1.807, 2.05) is 35.6 Å². The fourth-order valence-corrected chi connectivity index (χ4v) is 3.61. The molecule has 2 aromatic rings. The zero-order chi connectivity index (χ0) is 16.1. The van der Waals surface area contributed by atoms with Crippen LogP contribution in [0.15, 0.2) is 35.7 Å². The van der Waals surface area contributed by atoms with E-state index in [0.717, 1.165) is 37.6 Å². The van der Waals surface area contributed by atoms with Gasteiger partial charge in [0.05, 0.1) is 6.61 Å². The van der Waals surface area contributed by atoms with Crippen LogP contribution in [0.1, 0.15) is 16.0 Å². The summed E-state index contributed by atoms with van der Waals surface area (Å²) in [5.74, 6) is 3.43. The smallest absolute Gasteiger partial charge is 0.120 e. The van der Waals surface area contributed by atoms with E-state index in [-0.39, 0.29) is 6.10 Å². The first kappa shape index (κ1) is 16.1. The van der Waals surface area contributed by atoms with Crippen LogP contribution < -0.4 is 4.74 Å². The van der Waals surface area contributed by atoms with Crippen molar-refractivity contribution < 1.29 is 9.47 Å². The van der Waals surface area contributed by atoms with Crippen molar-refractivity contribution in [1.29, 1.82) is 0 Å². The largest absolute Gasteiger partial charge is 0.491 e. The molecule has 1 unspecified atom stereocenters. The van der Waals surface area contributed by atoms with Crippen molar-refractivity contribution in [2.45, 2.75) is 19.6 Å². The predicted molar refractivity (Wildman–Crippen MR) is 93.9 cm³/mol. The van der Waals surface area contributed by atoms with Gasteiger partial charge in [-0.15, -0.1) is 17.8 Å². The normalized spacial score (nSPS) is 18.5. The minimum Gasteiger partial charge on any atom is -0.491 e. The van der Waals surface area contributed by atoms with Gasteiger partial charge in [-0.05, 0) is 42.1 Å². The van der Waals surface area contributed by atoms with Gasteiger partial charge in [-0.1, -0.05) is 12.0 Å². The molecular weight excluding hydrogens is 306 g/mol. The topological polar surface area (TPSA) is 21.7 Å². The second-order valence-electron chi connectivity index (χ2n) is 5.74. The maximum absolute atomic E-state index is 5.85. The van der Waals surface area contributed by atoms with E-state index in [1.165, 1.54) is 10.4 Å². The Morgan fingerprint density at radius 1 is 1.43 bits per heavy atom. The molecule has 0 bridgehead atoms. The Hall–Kier alpha value is -1.80. The van der Waals surface area contributed by atoms with Crippen molar-refractivity contribution in [3.63, 3.8) is 0 Å². The van der Waals surface area contributed by atoms with Crippen LogP contribution in [0.3, 0.4) is 0 Å². The lowest BCUT2D eigenvalue weighted by atomic mass is 10.2. The quantitative estimate of drug-likeness (QED) is 0.787. The molecular formula is C19H21NO2S. The van der Waals surface area contributed by atoms with Gasteiger partial charge in [0.2, 0.25) is 0 Å². The molecule has 1 aromatic carbocycles. The van der Waals surface area contributed by atoms with Crippen LogP contribution >= 0.6 is 11.3 Å². The Labute approximate surface area is 141 Å². The van der Waals surface area contributed by atoms with Gasteiger partial charge >= 0.3 is 0 Å². The fraction of sp³-hybridized carbons (Fsp3) is 0.368. The summed E-state index contributed by atoms with van der Waals surface area (Å²) in [6, 6.07) is 9.80. The number of terminal acetylenes is 1. The lowest BCUT2D eigenvalue weighted by Crippen LogP contribution is -2.44. The molecule has 4 heteroatoms. The Morgan fingerprint density at radius 2 is 2.35 bits per heavy atom. The zero-order valence-electron chi connectivity index (χ0n) is 13.3. The molecule has 1 aromatic heterocycles. The van der Waals surface area contributed by atoms with Gasteiger partial charge in [0.1, 0.15) is 18.5 Å². The Balaban J connectivity index is 1.52. The van der Waals surface area contributed by atoms with Gasteiger partial charge in [0.25, 0.3) is 0 Å². The summed E-state index contributed by atoms with van der Waals surface area (Å²) >= 11 is 1.83. The summed E-state index contributed by atoms with van der Waals surface area (Å²) in [5, 5.41) is 2.16. The molecule has 3 nitrogen and oxygen atoms in total. The third-order valence-electron chi connectivity index (χ3n) is 3.99. The van der Waals surface area contributed by atoms with Crippen molar-refractivity contribution in [1.82, 2.24) is 4.90 Å². The third-order valence-corrected chi connectivity index (χ3v) is 5.00. The molecule has 1 saturated heterocycles.